The van der Waals surface area contributed by atoms with Crippen molar-refractivity contribution in [3.05, 3.63) is 71.8 Å². The van der Waals surface area contributed by atoms with E-state index in [9.17, 15) is 14.4 Å². The number of nitrogens with two attached hydrogens (primary N) is 1. The average molecular weight is 341 g/mol. The van der Waals surface area contributed by atoms with Crippen LogP contribution in [0, 0.1) is 0 Å². The van der Waals surface area contributed by atoms with Gasteiger partial charge in [0.2, 0.25) is 5.91 Å². The summed E-state index contributed by atoms with van der Waals surface area (Å²) in [5.41, 5.74) is 6.82. The van der Waals surface area contributed by atoms with Gasteiger partial charge in [-0.25, -0.2) is 4.79 Å². The van der Waals surface area contributed by atoms with Crippen LogP contribution in [0.5, 0.6) is 0 Å². The summed E-state index contributed by atoms with van der Waals surface area (Å²) in [6.45, 7) is 0.230. The van der Waals surface area contributed by atoms with Gasteiger partial charge in [-0.05, 0) is 11.1 Å². The molecule has 0 saturated carbocycles. The standard InChI is InChI=1S/C18H19N3O4/c19-16(22)15(17(23)20-11-13-7-3-1-4-8-13)21-18(24)25-12-14-9-5-2-6-10-14/h1-10,15H,11-12H2,(H2,19,22)(H,20,23)(H,21,24). The van der Waals surface area contributed by atoms with Crippen molar-refractivity contribution in [1.29, 1.82) is 0 Å². The van der Waals surface area contributed by atoms with E-state index in [2.05, 4.69) is 10.6 Å². The Morgan fingerprint density at radius 1 is 0.920 bits per heavy atom. The number of benzene rings is 2. The molecule has 2 aromatic carbocycles. The van der Waals surface area contributed by atoms with Crippen LogP contribution in [0.4, 0.5) is 4.79 Å². The van der Waals surface area contributed by atoms with Gasteiger partial charge in [0.15, 0.2) is 6.04 Å². The lowest BCUT2D eigenvalue weighted by atomic mass is 10.2. The first-order chi connectivity index (χ1) is 12.1. The van der Waals surface area contributed by atoms with Crippen molar-refractivity contribution in [3.63, 3.8) is 0 Å². The van der Waals surface area contributed by atoms with E-state index in [0.717, 1.165) is 11.1 Å². The van der Waals surface area contributed by atoms with Crippen LogP contribution in [0.2, 0.25) is 0 Å². The first-order valence-corrected chi connectivity index (χ1v) is 7.64. The lowest BCUT2D eigenvalue weighted by Gasteiger charge is -2.15. The van der Waals surface area contributed by atoms with Crippen LogP contribution in [0.3, 0.4) is 0 Å². The fourth-order valence-electron chi connectivity index (χ4n) is 2.04. The van der Waals surface area contributed by atoms with Crippen molar-refractivity contribution in [3.8, 4) is 0 Å². The van der Waals surface area contributed by atoms with Crippen molar-refractivity contribution < 1.29 is 19.1 Å². The number of hydrogen-bond donors (Lipinski definition) is 3. The second kappa shape index (κ2) is 9.07. The zero-order valence-corrected chi connectivity index (χ0v) is 13.5. The van der Waals surface area contributed by atoms with Crippen LogP contribution in [-0.2, 0) is 27.5 Å². The summed E-state index contributed by atoms with van der Waals surface area (Å²) in [4.78, 5) is 35.3. The molecular formula is C18H19N3O4. The van der Waals surface area contributed by atoms with Crippen molar-refractivity contribution in [2.45, 2.75) is 19.2 Å². The maximum absolute atomic E-state index is 12.1. The molecule has 7 heteroatoms. The van der Waals surface area contributed by atoms with E-state index in [1.807, 2.05) is 36.4 Å². The summed E-state index contributed by atoms with van der Waals surface area (Å²) in [7, 11) is 0. The number of hydrogen-bond acceptors (Lipinski definition) is 4. The molecule has 0 aliphatic carbocycles. The van der Waals surface area contributed by atoms with E-state index >= 15 is 0 Å². The molecule has 0 aromatic heterocycles. The summed E-state index contributed by atoms with van der Waals surface area (Å²) in [6, 6.07) is 16.6. The Hall–Kier alpha value is -3.35. The molecule has 0 bridgehead atoms. The van der Waals surface area contributed by atoms with Gasteiger partial charge in [-0.3, -0.25) is 9.59 Å². The van der Waals surface area contributed by atoms with Gasteiger partial charge in [-0.1, -0.05) is 60.7 Å². The molecule has 0 aliphatic heterocycles. The second-order valence-electron chi connectivity index (χ2n) is 5.24. The van der Waals surface area contributed by atoms with E-state index in [1.54, 1.807) is 24.3 Å². The Morgan fingerprint density at radius 3 is 2.04 bits per heavy atom. The number of carbonyl (C=O) groups excluding carboxylic acids is 3. The normalized spacial score (nSPS) is 11.2. The van der Waals surface area contributed by atoms with Crippen LogP contribution >= 0.6 is 0 Å². The second-order valence-corrected chi connectivity index (χ2v) is 5.24. The lowest BCUT2D eigenvalue weighted by molar-refractivity contribution is -0.130. The molecule has 25 heavy (non-hydrogen) atoms. The number of alkyl carbamates (subject to hydrolysis) is 1. The fraction of sp³-hybridized carbons (Fsp3) is 0.167. The van der Waals surface area contributed by atoms with E-state index < -0.39 is 23.9 Å². The van der Waals surface area contributed by atoms with Gasteiger partial charge < -0.3 is 21.1 Å². The maximum Gasteiger partial charge on any atom is 0.408 e. The molecule has 4 N–H and O–H groups in total. The van der Waals surface area contributed by atoms with Crippen LogP contribution in [0.15, 0.2) is 60.7 Å². The molecule has 1 unspecified atom stereocenters. The van der Waals surface area contributed by atoms with E-state index in [1.165, 1.54) is 0 Å². The van der Waals surface area contributed by atoms with Crippen LogP contribution in [0.25, 0.3) is 0 Å². The minimum atomic E-state index is -1.51. The number of amides is 3. The summed E-state index contributed by atoms with van der Waals surface area (Å²) in [5, 5.41) is 4.72. The monoisotopic (exact) mass is 341 g/mol. The molecule has 0 aliphatic rings. The van der Waals surface area contributed by atoms with Crippen LogP contribution in [0.1, 0.15) is 11.1 Å². The maximum atomic E-state index is 12.1. The molecule has 7 nitrogen and oxygen atoms in total. The molecular weight excluding hydrogens is 322 g/mol. The minimum absolute atomic E-state index is 0.0176. The van der Waals surface area contributed by atoms with E-state index in [-0.39, 0.29) is 13.2 Å². The molecule has 3 amide bonds. The van der Waals surface area contributed by atoms with E-state index in [4.69, 9.17) is 10.5 Å². The first kappa shape index (κ1) is 18.0. The van der Waals surface area contributed by atoms with Crippen LogP contribution in [-0.4, -0.2) is 23.9 Å². The zero-order valence-electron chi connectivity index (χ0n) is 13.5. The Labute approximate surface area is 145 Å². The molecule has 1 atom stereocenters. The zero-order chi connectivity index (χ0) is 18.1. The smallest absolute Gasteiger partial charge is 0.408 e. The Morgan fingerprint density at radius 2 is 1.48 bits per heavy atom. The van der Waals surface area contributed by atoms with Crippen molar-refractivity contribution >= 4 is 17.9 Å². The fourth-order valence-corrected chi connectivity index (χ4v) is 2.04. The highest BCUT2D eigenvalue weighted by Crippen LogP contribution is 2.01. The van der Waals surface area contributed by atoms with Crippen LogP contribution < -0.4 is 16.4 Å². The molecule has 0 saturated heterocycles. The first-order valence-electron chi connectivity index (χ1n) is 7.64. The predicted molar refractivity (Wildman–Crippen MR) is 91.0 cm³/mol. The van der Waals surface area contributed by atoms with Gasteiger partial charge >= 0.3 is 6.09 Å². The molecule has 0 radical (unpaired) electrons. The van der Waals surface area contributed by atoms with Gasteiger partial charge in [0.1, 0.15) is 6.61 Å². The molecule has 130 valence electrons. The van der Waals surface area contributed by atoms with Gasteiger partial charge in [-0.15, -0.1) is 0 Å². The topological polar surface area (TPSA) is 111 Å². The number of rotatable bonds is 7. The van der Waals surface area contributed by atoms with E-state index in [0.29, 0.717) is 0 Å². The quantitative estimate of drug-likeness (QED) is 0.655. The highest BCUT2D eigenvalue weighted by Gasteiger charge is 2.26. The number of nitrogens with one attached hydrogen (secondary N) is 2. The van der Waals surface area contributed by atoms with Gasteiger partial charge in [0.25, 0.3) is 5.91 Å². The molecule has 2 rings (SSSR count). The Balaban J connectivity index is 1.85. The predicted octanol–water partition coefficient (Wildman–Crippen LogP) is 1.08. The largest absolute Gasteiger partial charge is 0.445 e. The van der Waals surface area contributed by atoms with Gasteiger partial charge in [0.05, 0.1) is 0 Å². The van der Waals surface area contributed by atoms with Gasteiger partial charge in [0, 0.05) is 6.54 Å². The third-order valence-electron chi connectivity index (χ3n) is 3.33. The summed E-state index contributed by atoms with van der Waals surface area (Å²) < 4.78 is 4.98. The van der Waals surface area contributed by atoms with Crippen molar-refractivity contribution in [1.82, 2.24) is 10.6 Å². The molecule has 0 heterocycles. The molecule has 2 aromatic rings. The Bertz CT molecular complexity index is 720. The SMILES string of the molecule is NC(=O)C(NC(=O)OCc1ccccc1)C(=O)NCc1ccccc1. The van der Waals surface area contributed by atoms with Gasteiger partial charge in [-0.2, -0.15) is 0 Å². The number of primary amides is 1. The average Bonchev–Trinajstić information content (AvgIpc) is 2.64. The third-order valence-corrected chi connectivity index (χ3v) is 3.33. The lowest BCUT2D eigenvalue weighted by Crippen LogP contribution is -2.53. The Kier molecular flexibility index (Phi) is 6.53. The molecule has 0 spiro atoms. The summed E-state index contributed by atoms with van der Waals surface area (Å²) in [5.74, 6) is -1.67. The summed E-state index contributed by atoms with van der Waals surface area (Å²) in [6.07, 6.45) is -0.900. The summed E-state index contributed by atoms with van der Waals surface area (Å²) >= 11 is 0. The highest BCUT2D eigenvalue weighted by molar-refractivity contribution is 6.05. The molecule has 0 fully saturated rings. The number of ether oxygens (including phenoxy) is 1. The highest BCUT2D eigenvalue weighted by atomic mass is 16.5. The third kappa shape index (κ3) is 5.98. The minimum Gasteiger partial charge on any atom is -0.445 e. The van der Waals surface area contributed by atoms with Crippen molar-refractivity contribution in [2.24, 2.45) is 5.73 Å². The van der Waals surface area contributed by atoms with Crippen molar-refractivity contribution in [2.75, 3.05) is 0 Å². The number of carbonyl (C=O) groups is 3.